The largest absolute Gasteiger partial charge is 0.459 e. The molecule has 1 unspecified atom stereocenters. The van der Waals surface area contributed by atoms with Gasteiger partial charge < -0.3 is 9.32 Å². The van der Waals surface area contributed by atoms with E-state index in [-0.39, 0.29) is 17.7 Å². The van der Waals surface area contributed by atoms with E-state index in [9.17, 15) is 9.59 Å². The van der Waals surface area contributed by atoms with Gasteiger partial charge in [0.1, 0.15) is 5.78 Å². The Morgan fingerprint density at radius 2 is 2.16 bits per heavy atom. The summed E-state index contributed by atoms with van der Waals surface area (Å²) in [6.45, 7) is 4.18. The minimum Gasteiger partial charge on any atom is -0.459 e. The lowest BCUT2D eigenvalue weighted by atomic mass is 10.0. The van der Waals surface area contributed by atoms with Gasteiger partial charge in [0.15, 0.2) is 5.76 Å². The lowest BCUT2D eigenvalue weighted by Gasteiger charge is -2.29. The summed E-state index contributed by atoms with van der Waals surface area (Å²) in [7, 11) is 0. The van der Waals surface area contributed by atoms with Gasteiger partial charge in [-0.25, -0.2) is 0 Å². The maximum Gasteiger partial charge on any atom is 0.290 e. The third-order valence-corrected chi connectivity index (χ3v) is 3.72. The lowest BCUT2D eigenvalue weighted by Crippen LogP contribution is -2.41. The second kappa shape index (κ2) is 6.04. The molecule has 1 fully saturated rings. The second-order valence-corrected chi connectivity index (χ2v) is 5.34. The molecule has 0 saturated carbocycles. The first-order valence-electron chi connectivity index (χ1n) is 6.94. The van der Waals surface area contributed by atoms with Crippen molar-refractivity contribution in [1.29, 1.82) is 0 Å². The number of rotatable bonds is 3. The number of ketones is 1. The molecule has 104 valence electrons. The lowest BCUT2D eigenvalue weighted by molar-refractivity contribution is -0.118. The van der Waals surface area contributed by atoms with Gasteiger partial charge in [0.25, 0.3) is 5.91 Å². The zero-order valence-electron chi connectivity index (χ0n) is 11.6. The van der Waals surface area contributed by atoms with E-state index in [1.807, 2.05) is 11.8 Å². The van der Waals surface area contributed by atoms with Crippen molar-refractivity contribution in [3.05, 3.63) is 23.7 Å². The number of furan rings is 1. The van der Waals surface area contributed by atoms with Crippen LogP contribution in [0.3, 0.4) is 0 Å². The van der Waals surface area contributed by atoms with Crippen molar-refractivity contribution in [3.63, 3.8) is 0 Å². The van der Waals surface area contributed by atoms with Crippen molar-refractivity contribution >= 4 is 11.7 Å². The zero-order chi connectivity index (χ0) is 13.8. The SMILES string of the molecule is CC(=O)CC1CCCCCN1C(=O)c1occc1C. The molecule has 0 spiro atoms. The van der Waals surface area contributed by atoms with Crippen LogP contribution in [0.2, 0.25) is 0 Å². The molecule has 0 aromatic carbocycles. The topological polar surface area (TPSA) is 50.5 Å². The Kier molecular flexibility index (Phi) is 4.40. The molecule has 19 heavy (non-hydrogen) atoms. The van der Waals surface area contributed by atoms with Crippen LogP contribution in [-0.2, 0) is 4.79 Å². The number of hydrogen-bond acceptors (Lipinski definition) is 3. The Labute approximate surface area is 113 Å². The molecule has 1 aromatic rings. The van der Waals surface area contributed by atoms with Crippen LogP contribution in [0, 0.1) is 6.92 Å². The summed E-state index contributed by atoms with van der Waals surface area (Å²) in [6.07, 6.45) is 6.10. The van der Waals surface area contributed by atoms with E-state index in [4.69, 9.17) is 4.42 Å². The van der Waals surface area contributed by atoms with Crippen molar-refractivity contribution in [2.24, 2.45) is 0 Å². The number of hydrogen-bond donors (Lipinski definition) is 0. The van der Waals surface area contributed by atoms with Crippen molar-refractivity contribution in [2.75, 3.05) is 6.54 Å². The minimum atomic E-state index is -0.0735. The van der Waals surface area contributed by atoms with Crippen molar-refractivity contribution in [3.8, 4) is 0 Å². The third-order valence-electron chi connectivity index (χ3n) is 3.72. The molecule has 1 saturated heterocycles. The summed E-state index contributed by atoms with van der Waals surface area (Å²) in [6, 6.07) is 1.82. The van der Waals surface area contributed by atoms with Crippen LogP contribution in [0.5, 0.6) is 0 Å². The summed E-state index contributed by atoms with van der Waals surface area (Å²) in [5.41, 5.74) is 0.857. The fraction of sp³-hybridized carbons (Fsp3) is 0.600. The number of nitrogens with zero attached hydrogens (tertiary/aromatic N) is 1. The van der Waals surface area contributed by atoms with Crippen LogP contribution >= 0.6 is 0 Å². The quantitative estimate of drug-likeness (QED) is 0.842. The van der Waals surface area contributed by atoms with Gasteiger partial charge in [-0.1, -0.05) is 12.8 Å². The average molecular weight is 263 g/mol. The Balaban J connectivity index is 2.20. The number of carbonyl (C=O) groups excluding carboxylic acids is 2. The summed E-state index contributed by atoms with van der Waals surface area (Å²) >= 11 is 0. The molecule has 0 N–H and O–H groups in total. The van der Waals surface area contributed by atoms with Gasteiger partial charge in [0.2, 0.25) is 0 Å². The first-order valence-corrected chi connectivity index (χ1v) is 6.94. The smallest absolute Gasteiger partial charge is 0.290 e. The number of amides is 1. The van der Waals surface area contributed by atoms with E-state index in [0.717, 1.165) is 37.8 Å². The Morgan fingerprint density at radius 3 is 2.79 bits per heavy atom. The predicted octanol–water partition coefficient (Wildman–Crippen LogP) is 2.95. The van der Waals surface area contributed by atoms with Crippen molar-refractivity contribution in [1.82, 2.24) is 4.90 Å². The zero-order valence-corrected chi connectivity index (χ0v) is 11.6. The maximum absolute atomic E-state index is 12.5. The highest BCUT2D eigenvalue weighted by Crippen LogP contribution is 2.23. The van der Waals surface area contributed by atoms with Gasteiger partial charge in [-0.2, -0.15) is 0 Å². The second-order valence-electron chi connectivity index (χ2n) is 5.34. The van der Waals surface area contributed by atoms with Gasteiger partial charge in [-0.3, -0.25) is 9.59 Å². The molecule has 0 bridgehead atoms. The molecule has 4 heteroatoms. The molecule has 0 radical (unpaired) electrons. The van der Waals surface area contributed by atoms with Gasteiger partial charge in [0.05, 0.1) is 6.26 Å². The van der Waals surface area contributed by atoms with Gasteiger partial charge in [0, 0.05) is 24.6 Å². The Morgan fingerprint density at radius 1 is 1.37 bits per heavy atom. The first kappa shape index (κ1) is 13.8. The molecule has 1 amide bonds. The molecule has 0 aliphatic carbocycles. The van der Waals surface area contributed by atoms with Crippen LogP contribution in [0.4, 0.5) is 0 Å². The molecule has 4 nitrogen and oxygen atoms in total. The first-order chi connectivity index (χ1) is 9.09. The van der Waals surface area contributed by atoms with Crippen LogP contribution in [-0.4, -0.2) is 29.2 Å². The van der Waals surface area contributed by atoms with Crippen LogP contribution in [0.15, 0.2) is 16.7 Å². The fourth-order valence-electron chi connectivity index (χ4n) is 2.71. The molecule has 1 aromatic heterocycles. The maximum atomic E-state index is 12.5. The fourth-order valence-corrected chi connectivity index (χ4v) is 2.71. The number of likely N-dealkylation sites (tertiary alicyclic amines) is 1. The standard InChI is InChI=1S/C15H21NO3/c1-11-7-9-19-14(11)15(18)16-8-5-3-4-6-13(16)10-12(2)17/h7,9,13H,3-6,8,10H2,1-2H3. The highest BCUT2D eigenvalue weighted by atomic mass is 16.3. The van der Waals surface area contributed by atoms with Crippen molar-refractivity contribution in [2.45, 2.75) is 52.0 Å². The molecule has 1 atom stereocenters. The molecule has 1 aliphatic heterocycles. The van der Waals surface area contributed by atoms with E-state index in [0.29, 0.717) is 12.2 Å². The van der Waals surface area contributed by atoms with E-state index in [1.54, 1.807) is 19.3 Å². The number of Topliss-reactive ketones (excluding diaryl/α,β-unsaturated/α-hetero) is 1. The third kappa shape index (κ3) is 3.25. The van der Waals surface area contributed by atoms with Gasteiger partial charge >= 0.3 is 0 Å². The van der Waals surface area contributed by atoms with E-state index >= 15 is 0 Å². The summed E-state index contributed by atoms with van der Waals surface area (Å²) in [4.78, 5) is 25.8. The van der Waals surface area contributed by atoms with E-state index in [1.165, 1.54) is 0 Å². The van der Waals surface area contributed by atoms with Crippen molar-refractivity contribution < 1.29 is 14.0 Å². The van der Waals surface area contributed by atoms with Gasteiger partial charge in [-0.15, -0.1) is 0 Å². The van der Waals surface area contributed by atoms with E-state index < -0.39 is 0 Å². The van der Waals surface area contributed by atoms with Crippen LogP contribution < -0.4 is 0 Å². The molecule has 2 rings (SSSR count). The summed E-state index contributed by atoms with van der Waals surface area (Å²) < 4.78 is 5.30. The van der Waals surface area contributed by atoms with Gasteiger partial charge in [-0.05, 0) is 32.8 Å². The van der Waals surface area contributed by atoms with E-state index in [2.05, 4.69) is 0 Å². The molecule has 2 heterocycles. The highest BCUT2D eigenvalue weighted by molar-refractivity contribution is 5.93. The highest BCUT2D eigenvalue weighted by Gasteiger charge is 2.29. The number of aryl methyl sites for hydroxylation is 1. The molecular formula is C15H21NO3. The molecule has 1 aliphatic rings. The normalized spacial score (nSPS) is 20.1. The minimum absolute atomic E-state index is 0.0250. The Bertz CT molecular complexity index is 464. The van der Waals surface area contributed by atoms with Crippen LogP contribution in [0.25, 0.3) is 0 Å². The monoisotopic (exact) mass is 263 g/mol. The summed E-state index contributed by atoms with van der Waals surface area (Å²) in [5, 5.41) is 0. The average Bonchev–Trinajstić information content (AvgIpc) is 2.64. The summed E-state index contributed by atoms with van der Waals surface area (Å²) in [5.74, 6) is 0.479. The molecular weight excluding hydrogens is 242 g/mol. The number of carbonyl (C=O) groups is 2. The predicted molar refractivity (Wildman–Crippen MR) is 72.0 cm³/mol. The van der Waals surface area contributed by atoms with Crippen LogP contribution in [0.1, 0.15) is 55.1 Å². The Hall–Kier alpha value is -1.58.